The van der Waals surface area contributed by atoms with Crippen LogP contribution in [0.25, 0.3) is 0 Å². The van der Waals surface area contributed by atoms with Crippen LogP contribution in [0.4, 0.5) is 10.5 Å². The first kappa shape index (κ1) is 14.9. The molecule has 0 spiro atoms. The van der Waals surface area contributed by atoms with Gasteiger partial charge in [0, 0.05) is 37.1 Å². The normalized spacial score (nSPS) is 12.5. The lowest BCUT2D eigenvalue weighted by Crippen LogP contribution is -2.33. The molecule has 23 heavy (non-hydrogen) atoms. The van der Waals surface area contributed by atoms with Crippen molar-refractivity contribution >= 4 is 11.7 Å². The Bertz CT molecular complexity index is 759. The standard InChI is InChI=1S/C15H16N4O4/c20-14-3-4-16-10-19(14)6-5-17-15(21)18-11-1-2-12-13(9-11)23-8-7-22-12/h1-4,9-10H,5-8H2,(H2,17,18,21). The van der Waals surface area contributed by atoms with Gasteiger partial charge in [0.15, 0.2) is 11.5 Å². The number of carbonyl (C=O) groups excluding carboxylic acids is 1. The SMILES string of the molecule is O=C(NCCn1cnccc1=O)Nc1ccc2c(c1)OCCO2. The Balaban J connectivity index is 1.51. The molecule has 1 aliphatic heterocycles. The van der Waals surface area contributed by atoms with Gasteiger partial charge in [-0.2, -0.15) is 0 Å². The summed E-state index contributed by atoms with van der Waals surface area (Å²) in [6.45, 7) is 1.67. The Morgan fingerprint density at radius 2 is 2.04 bits per heavy atom. The number of amides is 2. The van der Waals surface area contributed by atoms with Gasteiger partial charge in [-0.05, 0) is 12.1 Å². The summed E-state index contributed by atoms with van der Waals surface area (Å²) in [5.41, 5.74) is 0.444. The number of nitrogens with one attached hydrogen (secondary N) is 2. The highest BCUT2D eigenvalue weighted by Gasteiger charge is 2.12. The number of ether oxygens (including phenoxy) is 2. The van der Waals surface area contributed by atoms with Crippen LogP contribution in [-0.2, 0) is 6.54 Å². The fourth-order valence-corrected chi connectivity index (χ4v) is 2.13. The fraction of sp³-hybridized carbons (Fsp3) is 0.267. The Hall–Kier alpha value is -3.03. The van der Waals surface area contributed by atoms with E-state index in [4.69, 9.17) is 9.47 Å². The molecule has 2 amide bonds. The summed E-state index contributed by atoms with van der Waals surface area (Å²) >= 11 is 0. The van der Waals surface area contributed by atoms with E-state index >= 15 is 0 Å². The summed E-state index contributed by atoms with van der Waals surface area (Å²) in [4.78, 5) is 27.2. The molecular formula is C15H16N4O4. The van der Waals surface area contributed by atoms with E-state index in [1.165, 1.54) is 23.2 Å². The zero-order valence-electron chi connectivity index (χ0n) is 12.3. The second-order valence-corrected chi connectivity index (χ2v) is 4.85. The maximum absolute atomic E-state index is 11.9. The monoisotopic (exact) mass is 316 g/mol. The number of hydrogen-bond acceptors (Lipinski definition) is 5. The number of nitrogens with zero attached hydrogens (tertiary/aromatic N) is 2. The first-order valence-electron chi connectivity index (χ1n) is 7.17. The molecule has 1 aliphatic rings. The van der Waals surface area contributed by atoms with E-state index in [9.17, 15) is 9.59 Å². The zero-order valence-corrected chi connectivity index (χ0v) is 12.3. The van der Waals surface area contributed by atoms with Crippen LogP contribution in [0.5, 0.6) is 11.5 Å². The second kappa shape index (κ2) is 6.82. The molecule has 0 aliphatic carbocycles. The van der Waals surface area contributed by atoms with Crippen molar-refractivity contribution in [3.63, 3.8) is 0 Å². The van der Waals surface area contributed by atoms with Crippen molar-refractivity contribution in [2.45, 2.75) is 6.54 Å². The van der Waals surface area contributed by atoms with Gasteiger partial charge in [0.1, 0.15) is 13.2 Å². The van der Waals surface area contributed by atoms with Crippen molar-refractivity contribution in [1.29, 1.82) is 0 Å². The minimum atomic E-state index is -0.362. The fourth-order valence-electron chi connectivity index (χ4n) is 2.13. The smallest absolute Gasteiger partial charge is 0.319 e. The Morgan fingerprint density at radius 3 is 2.87 bits per heavy atom. The van der Waals surface area contributed by atoms with E-state index in [1.807, 2.05) is 0 Å². The van der Waals surface area contributed by atoms with E-state index in [2.05, 4.69) is 15.6 Å². The van der Waals surface area contributed by atoms with Crippen LogP contribution in [0.2, 0.25) is 0 Å². The Morgan fingerprint density at radius 1 is 1.22 bits per heavy atom. The number of fused-ring (bicyclic) bond motifs is 1. The first-order chi connectivity index (χ1) is 11.2. The molecule has 0 atom stereocenters. The van der Waals surface area contributed by atoms with Crippen LogP contribution in [0.3, 0.4) is 0 Å². The number of benzene rings is 1. The maximum Gasteiger partial charge on any atom is 0.319 e. The van der Waals surface area contributed by atoms with Crippen molar-refractivity contribution in [2.24, 2.45) is 0 Å². The Kier molecular flexibility index (Phi) is 4.41. The number of hydrogen-bond donors (Lipinski definition) is 2. The van der Waals surface area contributed by atoms with E-state index in [-0.39, 0.29) is 11.6 Å². The quantitative estimate of drug-likeness (QED) is 0.871. The van der Waals surface area contributed by atoms with Crippen LogP contribution < -0.4 is 25.7 Å². The lowest BCUT2D eigenvalue weighted by Gasteiger charge is -2.19. The predicted octanol–water partition coefficient (Wildman–Crippen LogP) is 0.836. The average molecular weight is 316 g/mol. The van der Waals surface area contributed by atoms with Gasteiger partial charge in [-0.15, -0.1) is 0 Å². The summed E-state index contributed by atoms with van der Waals surface area (Å²) in [6.07, 6.45) is 2.86. The molecule has 0 saturated heterocycles. The van der Waals surface area contributed by atoms with E-state index in [0.29, 0.717) is 43.5 Å². The molecule has 1 aromatic carbocycles. The molecule has 2 heterocycles. The van der Waals surface area contributed by atoms with Crippen molar-refractivity contribution in [1.82, 2.24) is 14.9 Å². The van der Waals surface area contributed by atoms with Gasteiger partial charge in [0.2, 0.25) is 0 Å². The highest BCUT2D eigenvalue weighted by atomic mass is 16.6. The minimum Gasteiger partial charge on any atom is -0.486 e. The van der Waals surface area contributed by atoms with Gasteiger partial charge in [-0.3, -0.25) is 9.36 Å². The molecule has 0 unspecified atom stereocenters. The van der Waals surface area contributed by atoms with Crippen LogP contribution >= 0.6 is 0 Å². The maximum atomic E-state index is 11.9. The lowest BCUT2D eigenvalue weighted by molar-refractivity contribution is 0.171. The Labute approximate surface area is 132 Å². The number of anilines is 1. The van der Waals surface area contributed by atoms with Gasteiger partial charge < -0.3 is 20.1 Å². The van der Waals surface area contributed by atoms with Crippen molar-refractivity contribution < 1.29 is 14.3 Å². The number of aromatic nitrogens is 2. The van der Waals surface area contributed by atoms with Gasteiger partial charge in [-0.25, -0.2) is 9.78 Å². The van der Waals surface area contributed by atoms with Crippen molar-refractivity contribution in [3.8, 4) is 11.5 Å². The van der Waals surface area contributed by atoms with Gasteiger partial charge >= 0.3 is 6.03 Å². The van der Waals surface area contributed by atoms with Crippen LogP contribution in [0.1, 0.15) is 0 Å². The molecule has 2 N–H and O–H groups in total. The van der Waals surface area contributed by atoms with Crippen molar-refractivity contribution in [3.05, 3.63) is 47.1 Å². The highest BCUT2D eigenvalue weighted by molar-refractivity contribution is 5.89. The van der Waals surface area contributed by atoms with Gasteiger partial charge in [0.05, 0.1) is 6.33 Å². The van der Waals surface area contributed by atoms with Crippen molar-refractivity contribution in [2.75, 3.05) is 25.1 Å². The third-order valence-electron chi connectivity index (χ3n) is 3.23. The van der Waals surface area contributed by atoms with Gasteiger partial charge in [0.25, 0.3) is 5.56 Å². The molecule has 2 aromatic rings. The molecule has 0 fully saturated rings. The lowest BCUT2D eigenvalue weighted by atomic mass is 10.2. The average Bonchev–Trinajstić information content (AvgIpc) is 2.56. The van der Waals surface area contributed by atoms with Gasteiger partial charge in [-0.1, -0.05) is 0 Å². The van der Waals surface area contributed by atoms with Crippen LogP contribution in [0.15, 0.2) is 41.6 Å². The summed E-state index contributed by atoms with van der Waals surface area (Å²) < 4.78 is 12.3. The molecule has 1 aromatic heterocycles. The van der Waals surface area contributed by atoms with E-state index < -0.39 is 0 Å². The topological polar surface area (TPSA) is 94.5 Å². The van der Waals surface area contributed by atoms with E-state index in [0.717, 1.165) is 0 Å². The molecule has 0 saturated carbocycles. The van der Waals surface area contributed by atoms with Crippen LogP contribution in [-0.4, -0.2) is 35.3 Å². The molecular weight excluding hydrogens is 300 g/mol. The largest absolute Gasteiger partial charge is 0.486 e. The minimum absolute atomic E-state index is 0.158. The summed E-state index contributed by atoms with van der Waals surface area (Å²) in [5.74, 6) is 1.27. The summed E-state index contributed by atoms with van der Waals surface area (Å²) in [7, 11) is 0. The third-order valence-corrected chi connectivity index (χ3v) is 3.23. The molecule has 8 heteroatoms. The molecule has 0 bridgehead atoms. The number of carbonyl (C=O) groups is 1. The molecule has 3 rings (SSSR count). The highest BCUT2D eigenvalue weighted by Crippen LogP contribution is 2.32. The zero-order chi connectivity index (χ0) is 16.1. The molecule has 120 valence electrons. The van der Waals surface area contributed by atoms with Crippen LogP contribution in [0, 0.1) is 0 Å². The second-order valence-electron chi connectivity index (χ2n) is 4.85. The molecule has 8 nitrogen and oxygen atoms in total. The predicted molar refractivity (Wildman–Crippen MR) is 83.0 cm³/mol. The number of urea groups is 1. The number of rotatable bonds is 4. The third kappa shape index (κ3) is 3.79. The molecule has 0 radical (unpaired) electrons. The first-order valence-corrected chi connectivity index (χ1v) is 7.17. The summed E-state index contributed by atoms with van der Waals surface area (Å²) in [5, 5.41) is 5.38. The van der Waals surface area contributed by atoms with E-state index in [1.54, 1.807) is 18.2 Å². The summed E-state index contributed by atoms with van der Waals surface area (Å²) in [6, 6.07) is 6.20.